The van der Waals surface area contributed by atoms with Crippen LogP contribution in [0.25, 0.3) is 0 Å². The molecule has 1 amide bonds. The summed E-state index contributed by atoms with van der Waals surface area (Å²) in [5, 5.41) is 4.07. The number of aromatic nitrogens is 2. The molecule has 0 radical (unpaired) electrons. The Hall–Kier alpha value is -2.75. The molecule has 1 saturated carbocycles. The number of carbonyl (C=O) groups is 1. The van der Waals surface area contributed by atoms with Crippen molar-refractivity contribution in [3.8, 4) is 5.75 Å². The Kier molecular flexibility index (Phi) is 7.92. The van der Waals surface area contributed by atoms with Gasteiger partial charge in [0.05, 0.1) is 26.2 Å². The molecule has 5 rings (SSSR count). The van der Waals surface area contributed by atoms with Crippen molar-refractivity contribution < 1.29 is 27.6 Å². The lowest BCUT2D eigenvalue weighted by atomic mass is 9.90. The zero-order valence-electron chi connectivity index (χ0n) is 21.6. The highest BCUT2D eigenvalue weighted by atomic mass is 19.1. The highest BCUT2D eigenvalue weighted by Crippen LogP contribution is 2.50. The number of ether oxygens (including phenoxy) is 2. The molecular formula is C27H36F2N4O4. The van der Waals surface area contributed by atoms with E-state index in [9.17, 15) is 13.6 Å². The molecule has 3 aliphatic rings. The third kappa shape index (κ3) is 6.22. The number of hydrogen-bond donors (Lipinski definition) is 0. The quantitative estimate of drug-likeness (QED) is 0.492. The van der Waals surface area contributed by atoms with Crippen molar-refractivity contribution in [1.29, 1.82) is 0 Å². The number of amides is 1. The molecule has 0 bridgehead atoms. The van der Waals surface area contributed by atoms with Crippen LogP contribution in [0.4, 0.5) is 14.8 Å². The third-order valence-electron chi connectivity index (χ3n) is 7.90. The second-order valence-corrected chi connectivity index (χ2v) is 10.7. The van der Waals surface area contributed by atoms with Crippen LogP contribution in [-0.2, 0) is 16.0 Å². The van der Waals surface area contributed by atoms with Gasteiger partial charge >= 0.3 is 6.01 Å². The van der Waals surface area contributed by atoms with E-state index < -0.39 is 11.6 Å². The van der Waals surface area contributed by atoms with Crippen LogP contribution in [0, 0.1) is 29.4 Å². The van der Waals surface area contributed by atoms with Crippen LogP contribution < -0.4 is 9.64 Å². The number of nitrogens with zero attached hydrogens (tertiary/aromatic N) is 4. The van der Waals surface area contributed by atoms with E-state index in [0.29, 0.717) is 56.7 Å². The van der Waals surface area contributed by atoms with Crippen LogP contribution in [0.15, 0.2) is 16.7 Å². The van der Waals surface area contributed by atoms with Gasteiger partial charge in [-0.2, -0.15) is 4.98 Å². The molecule has 1 aromatic heterocycles. The van der Waals surface area contributed by atoms with Crippen LogP contribution in [-0.4, -0.2) is 66.9 Å². The van der Waals surface area contributed by atoms with Gasteiger partial charge in [0.1, 0.15) is 17.4 Å². The Balaban J connectivity index is 1.04. The molecular weight excluding hydrogens is 482 g/mol. The summed E-state index contributed by atoms with van der Waals surface area (Å²) in [6.45, 7) is 8.15. The third-order valence-corrected chi connectivity index (χ3v) is 7.90. The van der Waals surface area contributed by atoms with Crippen molar-refractivity contribution in [3.05, 3.63) is 35.2 Å². The van der Waals surface area contributed by atoms with Crippen LogP contribution in [0.2, 0.25) is 0 Å². The highest BCUT2D eigenvalue weighted by molar-refractivity contribution is 5.79. The van der Waals surface area contributed by atoms with E-state index in [-0.39, 0.29) is 29.6 Å². The zero-order valence-corrected chi connectivity index (χ0v) is 21.6. The van der Waals surface area contributed by atoms with Crippen molar-refractivity contribution in [2.75, 3.05) is 50.9 Å². The molecule has 8 nitrogen and oxygen atoms in total. The van der Waals surface area contributed by atoms with E-state index in [4.69, 9.17) is 14.0 Å². The minimum Gasteiger partial charge on any atom is -0.493 e. The Bertz CT molecular complexity index is 1060. The SMILES string of the molecule is CC(C)c1noc(N2CCC([C@H]3C[C@H]3CCOc3cc(F)c(CC(=O)N4CCOCC4)c(F)c3)CC2)n1. The van der Waals surface area contributed by atoms with E-state index in [2.05, 4.69) is 28.9 Å². The lowest BCUT2D eigenvalue weighted by Gasteiger charge is -2.30. The largest absolute Gasteiger partial charge is 0.493 e. The smallest absolute Gasteiger partial charge is 0.324 e. The summed E-state index contributed by atoms with van der Waals surface area (Å²) in [6, 6.07) is 3.00. The standard InChI is InChI=1S/C27H36F2N4O4/c1-17(2)26-30-27(37-31-26)33-6-3-18(4-7-33)21-13-19(21)5-10-36-20-14-23(28)22(24(29)15-20)16-25(34)32-8-11-35-12-9-32/h14-15,17-19,21H,3-13,16H2,1-2H3/t19-,21-/m1/s1. The predicted molar refractivity (Wildman–Crippen MR) is 132 cm³/mol. The Labute approximate surface area is 216 Å². The second kappa shape index (κ2) is 11.3. The molecule has 37 heavy (non-hydrogen) atoms. The number of morpholine rings is 1. The van der Waals surface area contributed by atoms with Crippen molar-refractivity contribution in [1.82, 2.24) is 15.0 Å². The maximum Gasteiger partial charge on any atom is 0.324 e. The van der Waals surface area contributed by atoms with E-state index in [1.54, 1.807) is 4.90 Å². The first kappa shape index (κ1) is 25.9. The monoisotopic (exact) mass is 518 g/mol. The highest BCUT2D eigenvalue weighted by Gasteiger charge is 2.43. The maximum atomic E-state index is 14.6. The Morgan fingerprint density at radius 3 is 2.49 bits per heavy atom. The molecule has 3 fully saturated rings. The first-order valence-electron chi connectivity index (χ1n) is 13.4. The normalized spacial score (nSPS) is 22.5. The molecule has 10 heteroatoms. The number of rotatable bonds is 9. The summed E-state index contributed by atoms with van der Waals surface area (Å²) in [5.41, 5.74) is -0.210. The first-order valence-corrected chi connectivity index (χ1v) is 13.4. The molecule has 202 valence electrons. The first-order chi connectivity index (χ1) is 17.9. The van der Waals surface area contributed by atoms with E-state index in [1.165, 1.54) is 18.6 Å². The topological polar surface area (TPSA) is 80.9 Å². The van der Waals surface area contributed by atoms with Gasteiger partial charge in [-0.05, 0) is 43.4 Å². The molecule has 0 unspecified atom stereocenters. The Morgan fingerprint density at radius 1 is 1.14 bits per heavy atom. The lowest BCUT2D eigenvalue weighted by molar-refractivity contribution is -0.134. The van der Waals surface area contributed by atoms with Gasteiger partial charge in [-0.15, -0.1) is 0 Å². The predicted octanol–water partition coefficient (Wildman–Crippen LogP) is 4.19. The number of benzene rings is 1. The minimum absolute atomic E-state index is 0.170. The van der Waals surface area contributed by atoms with Crippen LogP contribution >= 0.6 is 0 Å². The maximum absolute atomic E-state index is 14.6. The summed E-state index contributed by atoms with van der Waals surface area (Å²) >= 11 is 0. The van der Waals surface area contributed by atoms with Crippen LogP contribution in [0.1, 0.15) is 56.8 Å². The Morgan fingerprint density at radius 2 is 1.84 bits per heavy atom. The average Bonchev–Trinajstić information content (AvgIpc) is 3.49. The second-order valence-electron chi connectivity index (χ2n) is 10.7. The molecule has 2 atom stereocenters. The van der Waals surface area contributed by atoms with Gasteiger partial charge in [-0.25, -0.2) is 8.78 Å². The fraction of sp³-hybridized carbons (Fsp3) is 0.667. The number of hydrogen-bond acceptors (Lipinski definition) is 7. The number of piperidine rings is 1. The number of halogens is 2. The molecule has 2 aromatic rings. The lowest BCUT2D eigenvalue weighted by Crippen LogP contribution is -2.41. The van der Waals surface area contributed by atoms with E-state index in [1.807, 2.05) is 0 Å². The fourth-order valence-electron chi connectivity index (χ4n) is 5.52. The molecule has 0 spiro atoms. The molecule has 2 aliphatic heterocycles. The molecule has 0 N–H and O–H groups in total. The summed E-state index contributed by atoms with van der Waals surface area (Å²) in [7, 11) is 0. The number of anilines is 1. The van der Waals surface area contributed by atoms with Gasteiger partial charge in [0.2, 0.25) is 5.91 Å². The summed E-state index contributed by atoms with van der Waals surface area (Å²) in [4.78, 5) is 20.6. The van der Waals surface area contributed by atoms with Crippen molar-refractivity contribution in [3.63, 3.8) is 0 Å². The molecule has 1 aliphatic carbocycles. The average molecular weight is 519 g/mol. The molecule has 2 saturated heterocycles. The number of carbonyl (C=O) groups excluding carboxylic acids is 1. The van der Waals surface area contributed by atoms with Crippen LogP contribution in [0.3, 0.4) is 0 Å². The summed E-state index contributed by atoms with van der Waals surface area (Å²) < 4.78 is 45.6. The molecule has 1 aromatic carbocycles. The van der Waals surface area contributed by atoms with Crippen molar-refractivity contribution in [2.24, 2.45) is 17.8 Å². The van der Waals surface area contributed by atoms with Gasteiger partial charge in [0.15, 0.2) is 5.82 Å². The van der Waals surface area contributed by atoms with Gasteiger partial charge in [0.25, 0.3) is 0 Å². The minimum atomic E-state index is -0.741. The molecule has 3 heterocycles. The van der Waals surface area contributed by atoms with Crippen LogP contribution in [0.5, 0.6) is 5.75 Å². The van der Waals surface area contributed by atoms with Gasteiger partial charge < -0.3 is 23.8 Å². The summed E-state index contributed by atoms with van der Waals surface area (Å²) in [6.07, 6.45) is 3.95. The van der Waals surface area contributed by atoms with E-state index >= 15 is 0 Å². The van der Waals surface area contributed by atoms with Gasteiger partial charge in [0, 0.05) is 49.8 Å². The fourth-order valence-corrected chi connectivity index (χ4v) is 5.52. The van der Waals surface area contributed by atoms with Crippen molar-refractivity contribution >= 4 is 11.9 Å². The van der Waals surface area contributed by atoms with Gasteiger partial charge in [-0.1, -0.05) is 19.0 Å². The van der Waals surface area contributed by atoms with Crippen molar-refractivity contribution in [2.45, 2.75) is 51.9 Å². The summed E-state index contributed by atoms with van der Waals surface area (Å²) in [5.74, 6) is 1.33. The van der Waals surface area contributed by atoms with Gasteiger partial charge in [-0.3, -0.25) is 4.79 Å². The zero-order chi connectivity index (χ0) is 25.9. The van der Waals surface area contributed by atoms with E-state index in [0.717, 1.165) is 38.2 Å².